The van der Waals surface area contributed by atoms with E-state index in [2.05, 4.69) is 41.9 Å². The van der Waals surface area contributed by atoms with Gasteiger partial charge in [-0.2, -0.15) is 0 Å². The van der Waals surface area contributed by atoms with Crippen LogP contribution < -0.4 is 0 Å². The number of aryl methyl sites for hydroxylation is 1. The molecule has 0 aliphatic carbocycles. The summed E-state index contributed by atoms with van der Waals surface area (Å²) in [6.07, 6.45) is -5.01. The molecule has 0 unspecified atom stereocenters. The van der Waals surface area contributed by atoms with E-state index in [1.54, 1.807) is 115 Å². The Bertz CT molecular complexity index is 2400. The van der Waals surface area contributed by atoms with Crippen molar-refractivity contribution in [3.63, 3.8) is 0 Å². The predicted octanol–water partition coefficient (Wildman–Crippen LogP) is 9.60. The SMILES string of the molecule is Cc1cc(Br)ccc1CC1=C(C(C)C)CN=C1O[C@@H]1O[C@H](COC(=O)c2ccccc2)[C@@H](OC(=O)c2ccccc2)[C@H](OC(=O)c2ccccc2)[C@H]1CC(=O)c1ccccc1. The van der Waals surface area contributed by atoms with Crippen LogP contribution >= 0.6 is 15.9 Å². The Morgan fingerprint density at radius 2 is 1.23 bits per heavy atom. The molecular weight excluding hydrogens is 838 g/mol. The number of benzene rings is 5. The molecule has 0 N–H and O–H groups in total. The number of ether oxygens (including phenoxy) is 5. The van der Waals surface area contributed by atoms with Crippen LogP contribution in [0.5, 0.6) is 0 Å². The summed E-state index contributed by atoms with van der Waals surface area (Å²) in [5.41, 5.74) is 5.28. The van der Waals surface area contributed by atoms with Crippen LogP contribution in [0.3, 0.4) is 0 Å². The van der Waals surface area contributed by atoms with Gasteiger partial charge in [0.15, 0.2) is 18.0 Å². The molecule has 61 heavy (non-hydrogen) atoms. The molecule has 0 saturated carbocycles. The van der Waals surface area contributed by atoms with Crippen molar-refractivity contribution in [1.82, 2.24) is 0 Å². The number of aliphatic imine (C=N–C) groups is 1. The zero-order valence-corrected chi connectivity index (χ0v) is 35.7. The Labute approximate surface area is 363 Å². The summed E-state index contributed by atoms with van der Waals surface area (Å²) in [6, 6.07) is 40.0. The second-order valence-electron chi connectivity index (χ2n) is 15.3. The molecule has 0 amide bonds. The molecule has 2 aliphatic heterocycles. The van der Waals surface area contributed by atoms with Crippen molar-refractivity contribution in [1.29, 1.82) is 0 Å². The summed E-state index contributed by atoms with van der Waals surface area (Å²) in [7, 11) is 0. The van der Waals surface area contributed by atoms with Crippen LogP contribution in [0.25, 0.3) is 0 Å². The van der Waals surface area contributed by atoms with Crippen molar-refractivity contribution in [3.8, 4) is 0 Å². The summed E-state index contributed by atoms with van der Waals surface area (Å²) < 4.78 is 33.0. The zero-order chi connectivity index (χ0) is 42.9. The molecule has 5 atom stereocenters. The largest absolute Gasteiger partial charge is 0.459 e. The third-order valence-electron chi connectivity index (χ3n) is 10.8. The third-order valence-corrected chi connectivity index (χ3v) is 11.3. The number of Topliss-reactive ketones (excluding diaryl/α,β-unsaturated/α-hetero) is 1. The van der Waals surface area contributed by atoms with E-state index in [9.17, 15) is 19.2 Å². The van der Waals surface area contributed by atoms with Gasteiger partial charge in [-0.25, -0.2) is 19.4 Å². The Morgan fingerprint density at radius 1 is 0.705 bits per heavy atom. The van der Waals surface area contributed by atoms with Crippen LogP contribution in [-0.4, -0.2) is 67.3 Å². The van der Waals surface area contributed by atoms with Crippen molar-refractivity contribution in [3.05, 3.63) is 189 Å². The van der Waals surface area contributed by atoms with Crippen LogP contribution in [-0.2, 0) is 30.1 Å². The molecule has 0 aromatic heterocycles. The van der Waals surface area contributed by atoms with Gasteiger partial charge in [0.2, 0.25) is 12.2 Å². The van der Waals surface area contributed by atoms with Gasteiger partial charge in [0, 0.05) is 28.5 Å². The van der Waals surface area contributed by atoms with Crippen LogP contribution in [0, 0.1) is 18.8 Å². The van der Waals surface area contributed by atoms with E-state index in [0.29, 0.717) is 30.0 Å². The first kappa shape index (κ1) is 42.9. The number of ketones is 1. The van der Waals surface area contributed by atoms with E-state index in [-0.39, 0.29) is 29.2 Å². The molecule has 5 aromatic rings. The fourth-order valence-electron chi connectivity index (χ4n) is 7.49. The van der Waals surface area contributed by atoms with E-state index in [0.717, 1.165) is 26.7 Å². The Kier molecular flexibility index (Phi) is 14.0. The summed E-state index contributed by atoms with van der Waals surface area (Å²) in [5.74, 6) is -3.01. The highest BCUT2D eigenvalue weighted by Crippen LogP contribution is 2.38. The first-order valence-electron chi connectivity index (χ1n) is 20.2. The second-order valence-corrected chi connectivity index (χ2v) is 16.2. The quantitative estimate of drug-likeness (QED) is 0.0609. The van der Waals surface area contributed by atoms with Gasteiger partial charge >= 0.3 is 17.9 Å². The minimum absolute atomic E-state index is 0.129. The molecule has 10 nitrogen and oxygen atoms in total. The average molecular weight is 885 g/mol. The lowest BCUT2D eigenvalue weighted by Gasteiger charge is -2.45. The van der Waals surface area contributed by atoms with Crippen molar-refractivity contribution >= 4 is 45.5 Å². The van der Waals surface area contributed by atoms with E-state index in [1.807, 2.05) is 19.1 Å². The van der Waals surface area contributed by atoms with Gasteiger partial charge < -0.3 is 23.7 Å². The van der Waals surface area contributed by atoms with Gasteiger partial charge in [0.05, 0.1) is 29.2 Å². The van der Waals surface area contributed by atoms with E-state index in [1.165, 1.54) is 0 Å². The maximum atomic E-state index is 14.2. The maximum absolute atomic E-state index is 14.2. The monoisotopic (exact) mass is 883 g/mol. The summed E-state index contributed by atoms with van der Waals surface area (Å²) >= 11 is 3.57. The number of hydrogen-bond donors (Lipinski definition) is 0. The Morgan fingerprint density at radius 3 is 1.77 bits per heavy atom. The molecule has 7 rings (SSSR count). The lowest BCUT2D eigenvalue weighted by Crippen LogP contribution is -2.60. The van der Waals surface area contributed by atoms with Gasteiger partial charge in [0.25, 0.3) is 0 Å². The molecule has 0 spiro atoms. The van der Waals surface area contributed by atoms with Gasteiger partial charge in [-0.1, -0.05) is 121 Å². The lowest BCUT2D eigenvalue weighted by molar-refractivity contribution is -0.262. The first-order valence-corrected chi connectivity index (χ1v) is 21.0. The number of hydrogen-bond acceptors (Lipinski definition) is 10. The van der Waals surface area contributed by atoms with Crippen molar-refractivity contribution in [2.75, 3.05) is 13.2 Å². The highest BCUT2D eigenvalue weighted by Gasteiger charge is 2.53. The van der Waals surface area contributed by atoms with Crippen molar-refractivity contribution in [2.45, 2.75) is 58.2 Å². The zero-order valence-electron chi connectivity index (χ0n) is 34.1. The Hall–Kier alpha value is -6.17. The minimum Gasteiger partial charge on any atom is -0.459 e. The Balaban J connectivity index is 1.32. The number of halogens is 1. The fourth-order valence-corrected chi connectivity index (χ4v) is 7.97. The maximum Gasteiger partial charge on any atom is 0.338 e. The summed E-state index contributed by atoms with van der Waals surface area (Å²) in [4.78, 5) is 60.6. The molecule has 5 aromatic carbocycles. The van der Waals surface area contributed by atoms with E-state index >= 15 is 0 Å². The van der Waals surface area contributed by atoms with Gasteiger partial charge in [0.1, 0.15) is 12.7 Å². The standard InChI is InChI=1S/C50H46BrNO9/c1-31(2)41-29-52-46(39(41)27-37-24-25-38(51)26-32(37)3)61-50-40(28-42(53)33-16-8-4-9-17-33)44(59-48(55)35-20-12-6-13-21-35)45(60-49(56)36-22-14-7-15-23-36)43(58-50)30-57-47(54)34-18-10-5-11-19-34/h4-26,31,40,43-45,50H,27-30H2,1-3H3/t40-,43-,44-,45-,50+/m1/s1. The first-order chi connectivity index (χ1) is 29.5. The molecule has 1 saturated heterocycles. The smallest absolute Gasteiger partial charge is 0.338 e. The van der Waals surface area contributed by atoms with E-state index < -0.39 is 55.0 Å². The third kappa shape index (κ3) is 10.6. The van der Waals surface area contributed by atoms with Gasteiger partial charge in [-0.15, -0.1) is 0 Å². The highest BCUT2D eigenvalue weighted by atomic mass is 79.9. The summed E-state index contributed by atoms with van der Waals surface area (Å²) in [6.45, 7) is 6.20. The van der Waals surface area contributed by atoms with Crippen molar-refractivity contribution in [2.24, 2.45) is 16.8 Å². The molecule has 0 bridgehead atoms. The van der Waals surface area contributed by atoms with Crippen molar-refractivity contribution < 1.29 is 42.9 Å². The molecule has 11 heteroatoms. The highest BCUT2D eigenvalue weighted by molar-refractivity contribution is 9.10. The van der Waals surface area contributed by atoms with Gasteiger partial charge in [-0.05, 0) is 78.1 Å². The molecule has 0 radical (unpaired) electrons. The van der Waals surface area contributed by atoms with Crippen LogP contribution in [0.2, 0.25) is 0 Å². The van der Waals surface area contributed by atoms with Crippen LogP contribution in [0.1, 0.15) is 72.8 Å². The fraction of sp³-hybridized carbons (Fsp3) is 0.260. The topological polar surface area (TPSA) is 127 Å². The minimum atomic E-state index is -1.38. The average Bonchev–Trinajstić information content (AvgIpc) is 3.68. The van der Waals surface area contributed by atoms with Gasteiger partial charge in [-0.3, -0.25) is 4.79 Å². The second kappa shape index (κ2) is 19.9. The number of carbonyl (C=O) groups excluding carboxylic acids is 4. The molecule has 312 valence electrons. The van der Waals surface area contributed by atoms with Crippen LogP contribution in [0.15, 0.2) is 160 Å². The lowest BCUT2D eigenvalue weighted by atomic mass is 9.85. The number of rotatable bonds is 14. The molecular formula is C50H46BrNO9. The van der Waals surface area contributed by atoms with Crippen LogP contribution in [0.4, 0.5) is 0 Å². The number of esters is 3. The molecule has 2 heterocycles. The molecule has 2 aliphatic rings. The normalized spacial score (nSPS) is 19.8. The van der Waals surface area contributed by atoms with E-state index in [4.69, 9.17) is 28.7 Å². The number of carbonyl (C=O) groups is 4. The summed E-state index contributed by atoms with van der Waals surface area (Å²) in [5, 5.41) is 0. The molecule has 1 fully saturated rings. The number of nitrogens with zero attached hydrogens (tertiary/aromatic N) is 1. The predicted molar refractivity (Wildman–Crippen MR) is 233 cm³/mol.